The summed E-state index contributed by atoms with van der Waals surface area (Å²) < 4.78 is 12.5. The second-order valence-corrected chi connectivity index (χ2v) is 6.63. The number of hydrogen-bond acceptors (Lipinski definition) is 6. The first kappa shape index (κ1) is 17.7. The number of rotatable bonds is 5. The Bertz CT molecular complexity index is 978. The summed E-state index contributed by atoms with van der Waals surface area (Å²) in [5.74, 6) is -0.0894. The highest BCUT2D eigenvalue weighted by Crippen LogP contribution is 2.28. The van der Waals surface area contributed by atoms with Crippen LogP contribution in [0.25, 0.3) is 22.2 Å². The zero-order chi connectivity index (χ0) is 18.8. The molecule has 0 spiro atoms. The van der Waals surface area contributed by atoms with E-state index in [1.807, 2.05) is 28.8 Å². The van der Waals surface area contributed by atoms with Gasteiger partial charge in [-0.25, -0.2) is 14.8 Å². The van der Waals surface area contributed by atoms with E-state index in [2.05, 4.69) is 4.98 Å². The number of nitrogens with two attached hydrogens (primary N) is 1. The maximum Gasteiger partial charge on any atom is 0.344 e. The lowest BCUT2D eigenvalue weighted by Crippen LogP contribution is -3.14. The van der Waals surface area contributed by atoms with Crippen molar-refractivity contribution in [3.05, 3.63) is 29.8 Å². The van der Waals surface area contributed by atoms with Gasteiger partial charge in [0, 0.05) is 0 Å². The summed E-state index contributed by atoms with van der Waals surface area (Å²) in [7, 11) is 0. The number of carbonyl (C=O) groups is 1. The van der Waals surface area contributed by atoms with Crippen LogP contribution in [0.4, 0.5) is 5.82 Å². The molecule has 8 nitrogen and oxygen atoms in total. The van der Waals surface area contributed by atoms with Gasteiger partial charge < -0.3 is 24.7 Å². The van der Waals surface area contributed by atoms with Crippen molar-refractivity contribution in [3.63, 3.8) is 0 Å². The van der Waals surface area contributed by atoms with Gasteiger partial charge in [0.25, 0.3) is 0 Å². The summed E-state index contributed by atoms with van der Waals surface area (Å²) in [5.41, 5.74) is 9.31. The van der Waals surface area contributed by atoms with Gasteiger partial charge in [-0.2, -0.15) is 0 Å². The Morgan fingerprint density at radius 1 is 1.26 bits per heavy atom. The quantitative estimate of drug-likeness (QED) is 0.626. The molecule has 1 saturated heterocycles. The van der Waals surface area contributed by atoms with Gasteiger partial charge in [-0.05, 0) is 19.1 Å². The van der Waals surface area contributed by atoms with Crippen LogP contribution in [0.15, 0.2) is 24.3 Å². The van der Waals surface area contributed by atoms with Crippen molar-refractivity contribution >= 4 is 34.0 Å². The number of quaternary nitrogens is 1. The number of ether oxygens (including phenoxy) is 2. The maximum absolute atomic E-state index is 12.5. The first-order chi connectivity index (χ1) is 13.2. The lowest BCUT2D eigenvalue weighted by Gasteiger charge is -2.24. The molecule has 1 aliphatic rings. The number of nitrogen functional groups attached to an aromatic ring is 1. The number of aromatic nitrogens is 3. The van der Waals surface area contributed by atoms with Gasteiger partial charge in [0.15, 0.2) is 5.65 Å². The molecule has 0 radical (unpaired) electrons. The average Bonchev–Trinajstić information content (AvgIpc) is 2.96. The number of nitrogens with zero attached hydrogens (tertiary/aromatic N) is 3. The minimum Gasteiger partial charge on any atom is -0.462 e. The number of esters is 1. The van der Waals surface area contributed by atoms with Gasteiger partial charge in [-0.15, -0.1) is 0 Å². The molecular weight excluding hydrogens is 346 g/mol. The molecule has 1 aliphatic heterocycles. The average molecular weight is 370 g/mol. The number of benzene rings is 1. The molecule has 1 aromatic carbocycles. The highest BCUT2D eigenvalue weighted by Gasteiger charge is 2.25. The number of anilines is 1. The molecule has 3 heterocycles. The Labute approximate surface area is 156 Å². The van der Waals surface area contributed by atoms with Crippen LogP contribution in [0.1, 0.15) is 17.3 Å². The maximum atomic E-state index is 12.5. The standard InChI is InChI=1S/C19H23N5O3/c1-2-27-19(25)15-16-18(22-14-6-4-3-5-13(14)21-16)24(17(15)20)8-7-23-9-11-26-12-10-23/h3-6H,2,7-12,20H2,1H3/p+1. The molecule has 0 unspecified atom stereocenters. The van der Waals surface area contributed by atoms with E-state index < -0.39 is 5.97 Å². The molecule has 0 aliphatic carbocycles. The first-order valence-electron chi connectivity index (χ1n) is 9.32. The fourth-order valence-corrected chi connectivity index (χ4v) is 3.53. The number of nitrogens with one attached hydrogen (secondary N) is 1. The summed E-state index contributed by atoms with van der Waals surface area (Å²) >= 11 is 0. The first-order valence-corrected chi connectivity index (χ1v) is 9.32. The van der Waals surface area contributed by atoms with Gasteiger partial charge in [0.2, 0.25) is 0 Å². The third kappa shape index (κ3) is 3.33. The van der Waals surface area contributed by atoms with Crippen molar-refractivity contribution in [2.24, 2.45) is 0 Å². The van der Waals surface area contributed by atoms with E-state index in [9.17, 15) is 4.79 Å². The van der Waals surface area contributed by atoms with Gasteiger partial charge in [0.05, 0.1) is 43.9 Å². The monoisotopic (exact) mass is 370 g/mol. The van der Waals surface area contributed by atoms with E-state index >= 15 is 0 Å². The number of morpholine rings is 1. The Hall–Kier alpha value is -2.71. The van der Waals surface area contributed by atoms with E-state index in [-0.39, 0.29) is 6.61 Å². The molecule has 3 aromatic rings. The zero-order valence-corrected chi connectivity index (χ0v) is 15.4. The van der Waals surface area contributed by atoms with E-state index in [0.717, 1.165) is 43.9 Å². The smallest absolute Gasteiger partial charge is 0.344 e. The zero-order valence-electron chi connectivity index (χ0n) is 15.4. The summed E-state index contributed by atoms with van der Waals surface area (Å²) in [6.45, 7) is 7.08. The van der Waals surface area contributed by atoms with Crippen molar-refractivity contribution in [1.29, 1.82) is 0 Å². The summed E-state index contributed by atoms with van der Waals surface area (Å²) in [6.07, 6.45) is 0. The van der Waals surface area contributed by atoms with E-state index in [0.29, 0.717) is 29.1 Å². The molecule has 0 saturated carbocycles. The van der Waals surface area contributed by atoms with Crippen LogP contribution in [0.5, 0.6) is 0 Å². The van der Waals surface area contributed by atoms with Crippen LogP contribution < -0.4 is 10.6 Å². The molecule has 0 atom stereocenters. The largest absolute Gasteiger partial charge is 0.462 e. The van der Waals surface area contributed by atoms with E-state index in [1.54, 1.807) is 6.92 Å². The Morgan fingerprint density at radius 3 is 2.67 bits per heavy atom. The molecule has 2 aromatic heterocycles. The predicted molar refractivity (Wildman–Crippen MR) is 102 cm³/mol. The highest BCUT2D eigenvalue weighted by atomic mass is 16.5. The summed E-state index contributed by atoms with van der Waals surface area (Å²) in [5, 5.41) is 0. The van der Waals surface area contributed by atoms with Crippen LogP contribution >= 0.6 is 0 Å². The number of fused-ring (bicyclic) bond motifs is 2. The Kier molecular flexibility index (Phi) is 4.91. The highest BCUT2D eigenvalue weighted by molar-refractivity contribution is 6.08. The molecule has 0 amide bonds. The molecule has 142 valence electrons. The van der Waals surface area contributed by atoms with Crippen LogP contribution in [0, 0.1) is 0 Å². The SMILES string of the molecule is CCOC(=O)c1c(N)n(CC[NH+]2CCOCC2)c2nc3ccccc3nc12. The van der Waals surface area contributed by atoms with Gasteiger partial charge in [-0.3, -0.25) is 0 Å². The molecular formula is C19H24N5O3+. The topological polar surface area (TPSA) is 96.7 Å². The van der Waals surface area contributed by atoms with Crippen molar-refractivity contribution < 1.29 is 19.2 Å². The molecule has 0 bridgehead atoms. The van der Waals surface area contributed by atoms with Crippen LogP contribution in [0.2, 0.25) is 0 Å². The molecule has 27 heavy (non-hydrogen) atoms. The van der Waals surface area contributed by atoms with Gasteiger partial charge in [0.1, 0.15) is 30.0 Å². The molecule has 4 rings (SSSR count). The van der Waals surface area contributed by atoms with Crippen LogP contribution in [0.3, 0.4) is 0 Å². The van der Waals surface area contributed by atoms with Crippen molar-refractivity contribution in [3.8, 4) is 0 Å². The van der Waals surface area contributed by atoms with E-state index in [4.69, 9.17) is 20.2 Å². The summed E-state index contributed by atoms with van der Waals surface area (Å²) in [4.78, 5) is 23.4. The van der Waals surface area contributed by atoms with Crippen molar-refractivity contribution in [2.45, 2.75) is 13.5 Å². The minimum absolute atomic E-state index is 0.282. The second kappa shape index (κ2) is 7.50. The third-order valence-corrected chi connectivity index (χ3v) is 4.96. The molecule has 1 fully saturated rings. The summed E-state index contributed by atoms with van der Waals surface area (Å²) in [6, 6.07) is 7.60. The normalized spacial score (nSPS) is 15.4. The molecule has 8 heteroatoms. The van der Waals surface area contributed by atoms with Gasteiger partial charge in [-0.1, -0.05) is 12.1 Å². The minimum atomic E-state index is -0.456. The van der Waals surface area contributed by atoms with Crippen LogP contribution in [-0.4, -0.2) is 60.0 Å². The number of para-hydroxylation sites is 2. The number of carbonyl (C=O) groups excluding carboxylic acids is 1. The predicted octanol–water partition coefficient (Wildman–Crippen LogP) is 0.259. The Balaban J connectivity index is 1.79. The number of hydrogen-bond donors (Lipinski definition) is 2. The lowest BCUT2D eigenvalue weighted by molar-refractivity contribution is -0.908. The third-order valence-electron chi connectivity index (χ3n) is 4.96. The van der Waals surface area contributed by atoms with E-state index in [1.165, 1.54) is 4.90 Å². The second-order valence-electron chi connectivity index (χ2n) is 6.63. The van der Waals surface area contributed by atoms with Gasteiger partial charge >= 0.3 is 5.97 Å². The van der Waals surface area contributed by atoms with Crippen LogP contribution in [-0.2, 0) is 16.0 Å². The van der Waals surface area contributed by atoms with Crippen molar-refractivity contribution in [2.75, 3.05) is 45.2 Å². The molecule has 3 N–H and O–H groups in total. The van der Waals surface area contributed by atoms with Crippen molar-refractivity contribution in [1.82, 2.24) is 14.5 Å². The Morgan fingerprint density at radius 2 is 1.96 bits per heavy atom. The fraction of sp³-hybridized carbons (Fsp3) is 0.421. The fourth-order valence-electron chi connectivity index (χ4n) is 3.53. The lowest BCUT2D eigenvalue weighted by atomic mass is 10.2.